The highest BCUT2D eigenvalue weighted by atomic mass is 32.1. The highest BCUT2D eigenvalue weighted by Gasteiger charge is 2.21. The van der Waals surface area contributed by atoms with Crippen LogP contribution in [-0.4, -0.2) is 7.05 Å². The molecule has 0 aliphatic rings. The van der Waals surface area contributed by atoms with Crippen LogP contribution in [0.2, 0.25) is 0 Å². The van der Waals surface area contributed by atoms with E-state index >= 15 is 0 Å². The molecule has 3 aromatic rings. The lowest BCUT2D eigenvalue weighted by Gasteiger charge is -2.17. The Morgan fingerprint density at radius 2 is 1.81 bits per heavy atom. The molecule has 2 aromatic heterocycles. The summed E-state index contributed by atoms with van der Waals surface area (Å²) in [5.74, 6) is 0. The molecular weight excluding hydrogens is 294 g/mol. The van der Waals surface area contributed by atoms with E-state index in [1.54, 1.807) is 0 Å². The quantitative estimate of drug-likeness (QED) is 0.666. The van der Waals surface area contributed by atoms with Crippen LogP contribution in [-0.2, 0) is 5.41 Å². The maximum absolute atomic E-state index is 3.49. The smallest absolute Gasteiger partial charge is 0.0682 e. The molecule has 0 aliphatic heterocycles. The summed E-state index contributed by atoms with van der Waals surface area (Å²) in [4.78, 5) is 2.84. The molecule has 0 radical (unpaired) electrons. The van der Waals surface area contributed by atoms with E-state index in [1.165, 1.54) is 25.4 Å². The summed E-state index contributed by atoms with van der Waals surface area (Å²) in [5.41, 5.74) is 1.61. The predicted molar refractivity (Wildman–Crippen MR) is 95.7 cm³/mol. The first kappa shape index (κ1) is 14.8. The van der Waals surface area contributed by atoms with Crippen LogP contribution < -0.4 is 5.32 Å². The second kappa shape index (κ2) is 5.56. The zero-order valence-electron chi connectivity index (χ0n) is 12.9. The average molecular weight is 316 g/mol. The van der Waals surface area contributed by atoms with Gasteiger partial charge in [-0.05, 0) is 47.0 Å². The number of hydrogen-bond acceptors (Lipinski definition) is 3. The molecule has 1 nitrogen and oxygen atoms in total. The van der Waals surface area contributed by atoms with Gasteiger partial charge in [0.2, 0.25) is 0 Å². The third-order valence-electron chi connectivity index (χ3n) is 3.76. The van der Waals surface area contributed by atoms with Crippen molar-refractivity contribution in [1.29, 1.82) is 0 Å². The van der Waals surface area contributed by atoms with Gasteiger partial charge in [-0.25, -0.2) is 0 Å². The van der Waals surface area contributed by atoms with Crippen LogP contribution in [0.5, 0.6) is 0 Å². The SMILES string of the molecule is CNC(c1ccc(C(C)(C)C)s1)c1csc2ccccc12. The molecule has 0 fully saturated rings. The Hall–Kier alpha value is -1.16. The van der Waals surface area contributed by atoms with Crippen LogP contribution in [0.25, 0.3) is 10.1 Å². The summed E-state index contributed by atoms with van der Waals surface area (Å²) in [7, 11) is 2.05. The first-order valence-electron chi connectivity index (χ1n) is 7.24. The molecule has 2 heterocycles. The lowest BCUT2D eigenvalue weighted by molar-refractivity contribution is 0.604. The fraction of sp³-hybridized carbons (Fsp3) is 0.333. The minimum absolute atomic E-state index is 0.220. The molecule has 1 unspecified atom stereocenters. The van der Waals surface area contributed by atoms with Crippen molar-refractivity contribution in [3.05, 3.63) is 57.1 Å². The Balaban J connectivity index is 2.04. The summed E-state index contributed by atoms with van der Waals surface area (Å²) < 4.78 is 1.36. The van der Waals surface area contributed by atoms with Crippen LogP contribution in [0.15, 0.2) is 41.8 Å². The van der Waals surface area contributed by atoms with Crippen molar-refractivity contribution < 1.29 is 0 Å². The molecule has 0 saturated heterocycles. The van der Waals surface area contributed by atoms with Gasteiger partial charge in [0.1, 0.15) is 0 Å². The third kappa shape index (κ3) is 2.78. The van der Waals surface area contributed by atoms with E-state index in [0.29, 0.717) is 0 Å². The lowest BCUT2D eigenvalue weighted by Crippen LogP contribution is -2.16. The number of nitrogens with one attached hydrogen (secondary N) is 1. The van der Waals surface area contributed by atoms with Crippen molar-refractivity contribution in [3.8, 4) is 0 Å². The van der Waals surface area contributed by atoms with Gasteiger partial charge < -0.3 is 5.32 Å². The van der Waals surface area contributed by atoms with Crippen LogP contribution >= 0.6 is 22.7 Å². The van der Waals surface area contributed by atoms with Crippen LogP contribution in [0, 0.1) is 0 Å². The Labute approximate surface area is 134 Å². The molecule has 21 heavy (non-hydrogen) atoms. The number of fused-ring (bicyclic) bond motifs is 1. The zero-order valence-corrected chi connectivity index (χ0v) is 14.6. The molecule has 3 heteroatoms. The second-order valence-electron chi connectivity index (χ2n) is 6.36. The Bertz CT molecular complexity index is 746. The molecule has 110 valence electrons. The molecule has 0 amide bonds. The number of benzene rings is 1. The van der Waals surface area contributed by atoms with Gasteiger partial charge in [-0.3, -0.25) is 0 Å². The largest absolute Gasteiger partial charge is 0.309 e. The van der Waals surface area contributed by atoms with E-state index < -0.39 is 0 Å². The van der Waals surface area contributed by atoms with E-state index in [-0.39, 0.29) is 11.5 Å². The van der Waals surface area contributed by atoms with E-state index in [0.717, 1.165) is 0 Å². The van der Waals surface area contributed by atoms with Crippen LogP contribution in [0.4, 0.5) is 0 Å². The summed E-state index contributed by atoms with van der Waals surface area (Å²) in [6.45, 7) is 6.82. The summed E-state index contributed by atoms with van der Waals surface area (Å²) in [6, 6.07) is 13.5. The van der Waals surface area contributed by atoms with Gasteiger partial charge in [-0.2, -0.15) is 0 Å². The standard InChI is InChI=1S/C18H21NS2/c1-18(2,3)16-10-9-15(21-16)17(19-4)13-11-20-14-8-6-5-7-12(13)14/h5-11,17,19H,1-4H3. The van der Waals surface area contributed by atoms with Gasteiger partial charge in [0.25, 0.3) is 0 Å². The summed E-state index contributed by atoms with van der Waals surface area (Å²) in [6.07, 6.45) is 0. The molecule has 0 aliphatic carbocycles. The maximum atomic E-state index is 3.49. The Morgan fingerprint density at radius 1 is 1.05 bits per heavy atom. The van der Waals surface area contributed by atoms with Crippen molar-refractivity contribution in [3.63, 3.8) is 0 Å². The fourth-order valence-electron chi connectivity index (χ4n) is 2.58. The Morgan fingerprint density at radius 3 is 2.48 bits per heavy atom. The van der Waals surface area contributed by atoms with Crippen molar-refractivity contribution >= 4 is 32.8 Å². The van der Waals surface area contributed by atoms with E-state index in [1.807, 2.05) is 29.7 Å². The molecule has 1 N–H and O–H groups in total. The molecule has 1 aromatic carbocycles. The molecule has 3 rings (SSSR count). The number of rotatable bonds is 3. The van der Waals surface area contributed by atoms with E-state index in [2.05, 4.69) is 67.9 Å². The average Bonchev–Trinajstić information content (AvgIpc) is 3.07. The normalized spacial score (nSPS) is 13.7. The topological polar surface area (TPSA) is 12.0 Å². The monoisotopic (exact) mass is 315 g/mol. The summed E-state index contributed by atoms with van der Waals surface area (Å²) >= 11 is 3.75. The van der Waals surface area contributed by atoms with Gasteiger partial charge in [-0.15, -0.1) is 22.7 Å². The highest BCUT2D eigenvalue weighted by Crippen LogP contribution is 2.38. The minimum atomic E-state index is 0.220. The second-order valence-corrected chi connectivity index (χ2v) is 8.39. The number of hydrogen-bond donors (Lipinski definition) is 1. The van der Waals surface area contributed by atoms with Crippen molar-refractivity contribution in [2.45, 2.75) is 32.2 Å². The first-order chi connectivity index (χ1) is 10.0. The molecular formula is C18H21NS2. The molecule has 0 spiro atoms. The molecule has 0 bridgehead atoms. The minimum Gasteiger partial charge on any atom is -0.309 e. The van der Waals surface area contributed by atoms with E-state index in [4.69, 9.17) is 0 Å². The third-order valence-corrected chi connectivity index (χ3v) is 6.32. The van der Waals surface area contributed by atoms with Gasteiger partial charge in [0.15, 0.2) is 0 Å². The fourth-order valence-corrected chi connectivity index (χ4v) is 4.77. The lowest BCUT2D eigenvalue weighted by atomic mass is 9.95. The Kier molecular flexibility index (Phi) is 3.91. The van der Waals surface area contributed by atoms with Gasteiger partial charge in [0, 0.05) is 14.5 Å². The first-order valence-corrected chi connectivity index (χ1v) is 8.94. The van der Waals surface area contributed by atoms with Crippen molar-refractivity contribution in [2.75, 3.05) is 7.05 Å². The van der Waals surface area contributed by atoms with Crippen molar-refractivity contribution in [2.24, 2.45) is 0 Å². The summed E-state index contributed by atoms with van der Waals surface area (Å²) in [5, 5.41) is 7.16. The molecule has 1 atom stereocenters. The van der Waals surface area contributed by atoms with E-state index in [9.17, 15) is 0 Å². The number of thiophene rings is 2. The van der Waals surface area contributed by atoms with Gasteiger partial charge in [0.05, 0.1) is 6.04 Å². The van der Waals surface area contributed by atoms with Crippen molar-refractivity contribution in [1.82, 2.24) is 5.32 Å². The molecule has 0 saturated carbocycles. The predicted octanol–water partition coefficient (Wildman–Crippen LogP) is 5.57. The van der Waals surface area contributed by atoms with Crippen LogP contribution in [0.3, 0.4) is 0 Å². The van der Waals surface area contributed by atoms with Gasteiger partial charge >= 0.3 is 0 Å². The van der Waals surface area contributed by atoms with Gasteiger partial charge in [-0.1, -0.05) is 39.0 Å². The van der Waals surface area contributed by atoms with Crippen LogP contribution in [0.1, 0.15) is 42.1 Å². The zero-order chi connectivity index (χ0) is 15.0. The maximum Gasteiger partial charge on any atom is 0.0682 e. The highest BCUT2D eigenvalue weighted by molar-refractivity contribution is 7.17.